The number of aliphatic carboxylic acids is 1. The van der Waals surface area contributed by atoms with Crippen molar-refractivity contribution in [3.8, 4) is 0 Å². The fraction of sp³-hybridized carbons (Fsp3) is 0.176. The Morgan fingerprint density at radius 2 is 1.64 bits per heavy atom. The van der Waals surface area contributed by atoms with E-state index in [1.807, 2.05) is 12.3 Å². The van der Waals surface area contributed by atoms with E-state index in [4.69, 9.17) is 9.90 Å². The molecule has 1 aromatic rings. The van der Waals surface area contributed by atoms with Gasteiger partial charge in [-0.25, -0.2) is 8.42 Å². The average molecular weight is 445 g/mol. The molecule has 7 nitrogen and oxygen atoms in total. The minimum atomic E-state index is -4.25. The molecule has 0 spiro atoms. The van der Waals surface area contributed by atoms with Crippen molar-refractivity contribution in [2.45, 2.75) is 0 Å². The molecule has 0 bridgehead atoms. The first-order valence-corrected chi connectivity index (χ1v) is 9.94. The number of nitrogens with one attached hydrogen (secondary N) is 1. The third-order valence-corrected chi connectivity index (χ3v) is 3.27. The maximum atomic E-state index is 10.4. The molecule has 0 unspecified atom stereocenters. The second-order valence-electron chi connectivity index (χ2n) is 4.22. The third-order valence-electron chi connectivity index (χ3n) is 2.18. The zero-order valence-electron chi connectivity index (χ0n) is 16.3. The van der Waals surface area contributed by atoms with Crippen LogP contribution in [0.5, 0.6) is 0 Å². The molecule has 0 aliphatic rings. The molecule has 0 saturated carbocycles. The van der Waals surface area contributed by atoms with Crippen LogP contribution < -0.4 is 69.5 Å². The summed E-state index contributed by atoms with van der Waals surface area (Å²) in [6.45, 7) is 6.95. The molecule has 0 atom stereocenters. The van der Waals surface area contributed by atoms with Crippen LogP contribution in [-0.2, 0) is 19.7 Å². The van der Waals surface area contributed by atoms with Crippen molar-refractivity contribution < 1.29 is 86.8 Å². The van der Waals surface area contributed by atoms with E-state index in [9.17, 15) is 17.8 Å². The monoisotopic (exact) mass is 445 g/mol. The Hall–Kier alpha value is -0.360. The topological polar surface area (TPSA) is 126 Å². The first kappa shape index (κ1) is 35.1. The molecule has 1 rings (SSSR count). The molecule has 1 N–H and O–H groups in total. The van der Waals surface area contributed by atoms with Gasteiger partial charge in [-0.2, -0.15) is 11.8 Å². The number of thioether (sulfide) groups is 1. The van der Waals surface area contributed by atoms with E-state index in [-0.39, 0.29) is 65.0 Å². The quantitative estimate of drug-likeness (QED) is 0.192. The van der Waals surface area contributed by atoms with Gasteiger partial charge in [-0.15, -0.1) is 0 Å². The number of hydrogen-bond donors (Lipinski definition) is 1. The molecule has 0 heterocycles. The maximum Gasteiger partial charge on any atom is 1.00 e. The molecule has 1 amide bonds. The molecular weight excluding hydrogens is 424 g/mol. The van der Waals surface area contributed by atoms with Crippen molar-refractivity contribution >= 4 is 39.8 Å². The second kappa shape index (κ2) is 22.9. The Kier molecular flexibility index (Phi) is 28.7. The van der Waals surface area contributed by atoms with E-state index >= 15 is 0 Å². The van der Waals surface area contributed by atoms with Crippen LogP contribution >= 0.6 is 11.8 Å². The molecule has 0 aliphatic carbocycles. The molecule has 1 aromatic carbocycles. The number of rotatable bonds is 7. The summed E-state index contributed by atoms with van der Waals surface area (Å²) in [6, 6.07) is 8.75. The molecule has 0 aliphatic heterocycles. The van der Waals surface area contributed by atoms with Crippen molar-refractivity contribution in [2.24, 2.45) is 0 Å². The van der Waals surface area contributed by atoms with Crippen LogP contribution in [0, 0.1) is 0 Å². The fourth-order valence-corrected chi connectivity index (χ4v) is 1.70. The summed E-state index contributed by atoms with van der Waals surface area (Å²) in [5, 5.41) is 12.4. The van der Waals surface area contributed by atoms with Crippen LogP contribution in [-0.4, -0.2) is 43.4 Å². The van der Waals surface area contributed by atoms with E-state index in [1.54, 1.807) is 36.0 Å². The Balaban J connectivity index is -0.000000161. The predicted molar refractivity (Wildman–Crippen MR) is 102 cm³/mol. The van der Waals surface area contributed by atoms with Gasteiger partial charge in [0.2, 0.25) is 5.91 Å². The molecule has 28 heavy (non-hydrogen) atoms. The van der Waals surface area contributed by atoms with Gasteiger partial charge in [-0.1, -0.05) is 43.5 Å². The Labute approximate surface area is 215 Å². The van der Waals surface area contributed by atoms with Gasteiger partial charge in [0.05, 0.1) is 5.97 Å². The van der Waals surface area contributed by atoms with Gasteiger partial charge < -0.3 is 19.8 Å². The standard InChI is InChI=1S/C8H8O3S.C6H11NOS.C3H4O2.2Na/c9-12(10,11)7-6-8-4-2-1-3-5-8;1-3-6(8)7-4-5-9-2;1-2-3(4)5;;/h1-7H,(H,9,10,11);3H,1,4-5H2,2H3,(H,7,8);2H,1H2,(H,4,5);;/q;;;2*+1/p-2. The minimum absolute atomic E-state index is 0. The number of carbonyl (C=O) groups is 2. The average Bonchev–Trinajstić information content (AvgIpc) is 2.61. The van der Waals surface area contributed by atoms with Crippen molar-refractivity contribution in [3.05, 3.63) is 66.6 Å². The van der Waals surface area contributed by atoms with Gasteiger partial charge in [0, 0.05) is 17.7 Å². The van der Waals surface area contributed by atoms with Crippen LogP contribution in [0.4, 0.5) is 0 Å². The number of carbonyl (C=O) groups excluding carboxylic acids is 2. The number of carboxylic acids is 1. The third kappa shape index (κ3) is 30.4. The summed E-state index contributed by atoms with van der Waals surface area (Å²) in [7, 11) is -4.25. The van der Waals surface area contributed by atoms with Gasteiger partial charge in [-0.3, -0.25) is 4.79 Å². The maximum absolute atomic E-state index is 10.4. The van der Waals surface area contributed by atoms with E-state index in [2.05, 4.69) is 18.5 Å². The van der Waals surface area contributed by atoms with Gasteiger partial charge >= 0.3 is 59.1 Å². The van der Waals surface area contributed by atoms with Crippen molar-refractivity contribution in [1.29, 1.82) is 0 Å². The summed E-state index contributed by atoms with van der Waals surface area (Å²) < 4.78 is 30.5. The van der Waals surface area contributed by atoms with Crippen LogP contribution in [0.15, 0.2) is 61.0 Å². The summed E-state index contributed by atoms with van der Waals surface area (Å²) in [4.78, 5) is 19.6. The largest absolute Gasteiger partial charge is 1.00 e. The van der Waals surface area contributed by atoms with Crippen LogP contribution in [0.1, 0.15) is 5.56 Å². The summed E-state index contributed by atoms with van der Waals surface area (Å²) in [5.41, 5.74) is 0.692. The minimum Gasteiger partial charge on any atom is -0.744 e. The van der Waals surface area contributed by atoms with E-state index < -0.39 is 16.1 Å². The fourth-order valence-electron chi connectivity index (χ4n) is 1.07. The van der Waals surface area contributed by atoms with Gasteiger partial charge in [-0.05, 0) is 30.0 Å². The molecule has 0 saturated heterocycles. The number of amides is 1. The van der Waals surface area contributed by atoms with E-state index in [0.29, 0.717) is 11.0 Å². The molecule has 11 heteroatoms. The molecular formula is C17H21NNa2O6S2. The van der Waals surface area contributed by atoms with Gasteiger partial charge in [0.1, 0.15) is 10.1 Å². The van der Waals surface area contributed by atoms with Crippen molar-refractivity contribution in [1.82, 2.24) is 5.32 Å². The summed E-state index contributed by atoms with van der Waals surface area (Å²) in [6.07, 6.45) is 5.27. The van der Waals surface area contributed by atoms with Gasteiger partial charge in [0.15, 0.2) is 0 Å². The zero-order valence-corrected chi connectivity index (χ0v) is 21.9. The Morgan fingerprint density at radius 3 is 2.00 bits per heavy atom. The SMILES string of the molecule is C=CC(=O)NCCSC.C=CC(=O)[O-].O=S(=O)([O-])C=Cc1ccccc1.[Na+].[Na+]. The smallest absolute Gasteiger partial charge is 0.744 e. The van der Waals surface area contributed by atoms with E-state index in [0.717, 1.165) is 18.4 Å². The second-order valence-corrected chi connectivity index (χ2v) is 6.46. The molecule has 0 aromatic heterocycles. The number of hydrogen-bond acceptors (Lipinski definition) is 7. The van der Waals surface area contributed by atoms with Crippen LogP contribution in [0.25, 0.3) is 6.08 Å². The molecule has 0 radical (unpaired) electrons. The zero-order chi connectivity index (χ0) is 20.4. The molecule has 0 fully saturated rings. The Bertz CT molecular complexity index is 695. The Morgan fingerprint density at radius 1 is 1.14 bits per heavy atom. The predicted octanol–water partition coefficient (Wildman–Crippen LogP) is -5.22. The first-order valence-electron chi connectivity index (χ1n) is 7.08. The van der Waals surface area contributed by atoms with Crippen molar-refractivity contribution in [3.63, 3.8) is 0 Å². The van der Waals surface area contributed by atoms with Crippen LogP contribution in [0.3, 0.4) is 0 Å². The van der Waals surface area contributed by atoms with E-state index in [1.165, 1.54) is 12.2 Å². The van der Waals surface area contributed by atoms with Gasteiger partial charge in [0.25, 0.3) is 0 Å². The van der Waals surface area contributed by atoms with Crippen molar-refractivity contribution in [2.75, 3.05) is 18.6 Å². The first-order chi connectivity index (χ1) is 12.2. The van der Waals surface area contributed by atoms with Crippen LogP contribution in [0.2, 0.25) is 0 Å². The number of benzene rings is 1. The normalized spacial score (nSPS) is 9.07. The number of carboxylic acid groups (broad SMARTS) is 1. The summed E-state index contributed by atoms with van der Waals surface area (Å²) in [5.74, 6) is -0.367. The molecule has 144 valence electrons. The summed E-state index contributed by atoms with van der Waals surface area (Å²) >= 11 is 1.71.